The monoisotopic (exact) mass is 267 g/mol. The normalized spacial score (nSPS) is 32.7. The van der Waals surface area contributed by atoms with Gasteiger partial charge in [-0.25, -0.2) is 4.79 Å². The molecule has 3 aliphatic heterocycles. The Morgan fingerprint density at radius 3 is 2.79 bits per heavy atom. The van der Waals surface area contributed by atoms with Crippen LogP contribution in [0.4, 0.5) is 4.79 Å². The Morgan fingerprint density at radius 1 is 1.21 bits per heavy atom. The lowest BCUT2D eigenvalue weighted by molar-refractivity contribution is 0.152. The standard InChI is InChI=1S/C14H25N3O2/c18-14(16-12-5-9-19-10-12)17-8-1-2-13(17)11-3-6-15-7-4-11/h11-13,15H,1-10H2,(H,16,18). The van der Waals surface area contributed by atoms with Gasteiger partial charge in [0.25, 0.3) is 0 Å². The van der Waals surface area contributed by atoms with Crippen LogP contribution in [-0.2, 0) is 4.74 Å². The van der Waals surface area contributed by atoms with Gasteiger partial charge in [-0.15, -0.1) is 0 Å². The lowest BCUT2D eigenvalue weighted by Crippen LogP contribution is -2.50. The number of likely N-dealkylation sites (tertiary alicyclic amines) is 1. The van der Waals surface area contributed by atoms with Crippen LogP contribution >= 0.6 is 0 Å². The number of urea groups is 1. The van der Waals surface area contributed by atoms with Crippen LogP contribution in [0.25, 0.3) is 0 Å². The quantitative estimate of drug-likeness (QED) is 0.783. The van der Waals surface area contributed by atoms with E-state index >= 15 is 0 Å². The molecule has 0 aromatic heterocycles. The van der Waals surface area contributed by atoms with Gasteiger partial charge in [0, 0.05) is 19.2 Å². The second kappa shape index (κ2) is 6.09. The highest BCUT2D eigenvalue weighted by Gasteiger charge is 2.35. The summed E-state index contributed by atoms with van der Waals surface area (Å²) in [5.74, 6) is 0.689. The zero-order chi connectivity index (χ0) is 13.1. The predicted octanol–water partition coefficient (Wildman–Crippen LogP) is 0.949. The molecule has 0 spiro atoms. The van der Waals surface area contributed by atoms with Gasteiger partial charge in [0.1, 0.15) is 0 Å². The summed E-state index contributed by atoms with van der Waals surface area (Å²) in [6, 6.07) is 0.822. The molecule has 3 aliphatic rings. The van der Waals surface area contributed by atoms with Crippen molar-refractivity contribution in [2.45, 2.75) is 44.2 Å². The largest absolute Gasteiger partial charge is 0.379 e. The van der Waals surface area contributed by atoms with Crippen molar-refractivity contribution in [1.29, 1.82) is 0 Å². The topological polar surface area (TPSA) is 53.6 Å². The summed E-state index contributed by atoms with van der Waals surface area (Å²) < 4.78 is 5.32. The van der Waals surface area contributed by atoms with Crippen molar-refractivity contribution in [2.24, 2.45) is 5.92 Å². The first-order chi connectivity index (χ1) is 9.34. The van der Waals surface area contributed by atoms with E-state index in [1.165, 1.54) is 19.3 Å². The van der Waals surface area contributed by atoms with Gasteiger partial charge in [-0.3, -0.25) is 0 Å². The maximum Gasteiger partial charge on any atom is 0.317 e. The number of carbonyl (C=O) groups is 1. The molecule has 0 aromatic carbocycles. The van der Waals surface area contributed by atoms with Gasteiger partial charge in [0.05, 0.1) is 12.6 Å². The molecule has 19 heavy (non-hydrogen) atoms. The summed E-state index contributed by atoms with van der Waals surface area (Å²) >= 11 is 0. The van der Waals surface area contributed by atoms with Crippen molar-refractivity contribution >= 4 is 6.03 Å². The van der Waals surface area contributed by atoms with Crippen LogP contribution in [0, 0.1) is 5.92 Å². The second-order valence-corrected chi connectivity index (χ2v) is 6.00. The maximum atomic E-state index is 12.4. The molecule has 0 aliphatic carbocycles. The van der Waals surface area contributed by atoms with Crippen LogP contribution in [0.1, 0.15) is 32.1 Å². The van der Waals surface area contributed by atoms with Crippen molar-refractivity contribution in [3.8, 4) is 0 Å². The van der Waals surface area contributed by atoms with Crippen molar-refractivity contribution in [1.82, 2.24) is 15.5 Å². The zero-order valence-electron chi connectivity index (χ0n) is 11.6. The van der Waals surface area contributed by atoms with E-state index in [4.69, 9.17) is 4.74 Å². The van der Waals surface area contributed by atoms with E-state index in [9.17, 15) is 4.79 Å². The molecule has 2 unspecified atom stereocenters. The average molecular weight is 267 g/mol. The number of rotatable bonds is 2. The number of hydrogen-bond donors (Lipinski definition) is 2. The lowest BCUT2D eigenvalue weighted by atomic mass is 9.89. The van der Waals surface area contributed by atoms with Crippen molar-refractivity contribution < 1.29 is 9.53 Å². The first kappa shape index (κ1) is 13.2. The number of amides is 2. The summed E-state index contributed by atoms with van der Waals surface area (Å²) in [4.78, 5) is 14.5. The summed E-state index contributed by atoms with van der Waals surface area (Å²) in [6.07, 6.45) is 5.71. The van der Waals surface area contributed by atoms with Gasteiger partial charge in [0.15, 0.2) is 0 Å². The van der Waals surface area contributed by atoms with E-state index < -0.39 is 0 Å². The highest BCUT2D eigenvalue weighted by Crippen LogP contribution is 2.29. The van der Waals surface area contributed by atoms with Crippen molar-refractivity contribution in [3.05, 3.63) is 0 Å². The van der Waals surface area contributed by atoms with Gasteiger partial charge in [-0.05, 0) is 51.1 Å². The Balaban J connectivity index is 1.56. The van der Waals surface area contributed by atoms with Gasteiger partial charge in [-0.1, -0.05) is 0 Å². The maximum absolute atomic E-state index is 12.4. The number of nitrogens with zero attached hydrogens (tertiary/aromatic N) is 1. The van der Waals surface area contributed by atoms with E-state index in [0.29, 0.717) is 18.6 Å². The molecule has 2 atom stereocenters. The molecule has 2 amide bonds. The molecule has 3 rings (SSSR count). The number of ether oxygens (including phenoxy) is 1. The SMILES string of the molecule is O=C(NC1CCOC1)N1CCCC1C1CCNCC1. The van der Waals surface area contributed by atoms with Crippen LogP contribution < -0.4 is 10.6 Å². The van der Waals surface area contributed by atoms with Crippen LogP contribution in [0.15, 0.2) is 0 Å². The summed E-state index contributed by atoms with van der Waals surface area (Å²) in [6.45, 7) is 4.59. The fourth-order valence-corrected chi connectivity index (χ4v) is 3.67. The average Bonchev–Trinajstić information content (AvgIpc) is 3.10. The molecule has 3 saturated heterocycles. The Bertz CT molecular complexity index is 312. The number of piperidine rings is 1. The smallest absolute Gasteiger partial charge is 0.317 e. The van der Waals surface area contributed by atoms with Gasteiger partial charge < -0.3 is 20.3 Å². The molecule has 2 N–H and O–H groups in total. The molecule has 0 bridgehead atoms. The highest BCUT2D eigenvalue weighted by atomic mass is 16.5. The third-order valence-electron chi connectivity index (χ3n) is 4.75. The molecule has 3 fully saturated rings. The number of carbonyl (C=O) groups excluding carboxylic acids is 1. The Hall–Kier alpha value is -0.810. The van der Waals surface area contributed by atoms with Crippen LogP contribution in [-0.4, -0.2) is 55.9 Å². The van der Waals surface area contributed by atoms with Gasteiger partial charge >= 0.3 is 6.03 Å². The summed E-state index contributed by atoms with van der Waals surface area (Å²) in [5.41, 5.74) is 0. The molecule has 0 radical (unpaired) electrons. The summed E-state index contributed by atoms with van der Waals surface area (Å²) in [5, 5.41) is 6.54. The van der Waals surface area contributed by atoms with E-state index in [1.54, 1.807) is 0 Å². The zero-order valence-corrected chi connectivity index (χ0v) is 11.6. The molecular formula is C14H25N3O2. The molecule has 3 heterocycles. The minimum absolute atomic E-state index is 0.136. The van der Waals surface area contributed by atoms with Crippen LogP contribution in [0.2, 0.25) is 0 Å². The molecular weight excluding hydrogens is 242 g/mol. The fourth-order valence-electron chi connectivity index (χ4n) is 3.67. The minimum atomic E-state index is 0.136. The Labute approximate surface area is 115 Å². The van der Waals surface area contributed by atoms with Gasteiger partial charge in [-0.2, -0.15) is 0 Å². The van der Waals surface area contributed by atoms with Crippen molar-refractivity contribution in [2.75, 3.05) is 32.8 Å². The molecule has 5 nitrogen and oxygen atoms in total. The number of nitrogens with one attached hydrogen (secondary N) is 2. The number of hydrogen-bond acceptors (Lipinski definition) is 3. The molecule has 108 valence electrons. The third kappa shape index (κ3) is 3.03. The Morgan fingerprint density at radius 2 is 2.05 bits per heavy atom. The Kier molecular flexibility index (Phi) is 4.23. The first-order valence-electron chi connectivity index (χ1n) is 7.70. The molecule has 0 aromatic rings. The van der Waals surface area contributed by atoms with E-state index in [0.717, 1.165) is 39.1 Å². The minimum Gasteiger partial charge on any atom is -0.379 e. The van der Waals surface area contributed by atoms with E-state index in [-0.39, 0.29) is 12.1 Å². The second-order valence-electron chi connectivity index (χ2n) is 6.00. The van der Waals surface area contributed by atoms with Gasteiger partial charge in [0.2, 0.25) is 0 Å². The molecule has 0 saturated carbocycles. The molecule has 5 heteroatoms. The fraction of sp³-hybridized carbons (Fsp3) is 0.929. The highest BCUT2D eigenvalue weighted by molar-refractivity contribution is 5.75. The van der Waals surface area contributed by atoms with E-state index in [1.807, 2.05) is 0 Å². The third-order valence-corrected chi connectivity index (χ3v) is 4.75. The predicted molar refractivity (Wildman–Crippen MR) is 73.1 cm³/mol. The summed E-state index contributed by atoms with van der Waals surface area (Å²) in [7, 11) is 0. The van der Waals surface area contributed by atoms with Crippen molar-refractivity contribution in [3.63, 3.8) is 0 Å². The van der Waals surface area contributed by atoms with Crippen LogP contribution in [0.5, 0.6) is 0 Å². The first-order valence-corrected chi connectivity index (χ1v) is 7.70. The van der Waals surface area contributed by atoms with E-state index in [2.05, 4.69) is 15.5 Å². The van der Waals surface area contributed by atoms with Crippen LogP contribution in [0.3, 0.4) is 0 Å². The lowest BCUT2D eigenvalue weighted by Gasteiger charge is -2.34.